The summed E-state index contributed by atoms with van der Waals surface area (Å²) in [4.78, 5) is 16.2. The molecule has 6 heteroatoms. The number of hydrogen-bond donors (Lipinski definition) is 2. The van der Waals surface area contributed by atoms with Crippen LogP contribution < -0.4 is 11.1 Å². The van der Waals surface area contributed by atoms with Crippen molar-refractivity contribution in [3.63, 3.8) is 0 Å². The van der Waals surface area contributed by atoms with Gasteiger partial charge >= 0.3 is 0 Å². The van der Waals surface area contributed by atoms with E-state index in [9.17, 15) is 9.18 Å². The molecule has 5 nitrogen and oxygen atoms in total. The zero-order valence-electron chi connectivity index (χ0n) is 11.1. The molecule has 3 N–H and O–H groups in total. The second-order valence-corrected chi connectivity index (χ2v) is 5.27. The Hall–Kier alpha value is -1.95. The van der Waals surface area contributed by atoms with Crippen molar-refractivity contribution in [2.24, 2.45) is 5.73 Å². The highest BCUT2D eigenvalue weighted by Crippen LogP contribution is 2.18. The fourth-order valence-corrected chi connectivity index (χ4v) is 2.63. The van der Waals surface area contributed by atoms with Crippen molar-refractivity contribution in [2.75, 3.05) is 0 Å². The van der Waals surface area contributed by atoms with Crippen LogP contribution in [0.2, 0.25) is 0 Å². The Morgan fingerprint density at radius 1 is 1.35 bits per heavy atom. The van der Waals surface area contributed by atoms with E-state index < -0.39 is 11.9 Å². The van der Waals surface area contributed by atoms with Gasteiger partial charge in [0.25, 0.3) is 5.91 Å². The molecule has 1 aliphatic carbocycles. The third kappa shape index (κ3) is 2.38. The first-order valence-corrected chi connectivity index (χ1v) is 6.84. The molecule has 0 aromatic carbocycles. The minimum absolute atomic E-state index is 0.0616. The standard InChI is InChI=1S/C14H17FN4O/c15-13-12(18-11-3-1-2-8-19(11)13)14(20)17-10-6-4-9(16)5-7-10/h1-3,8-10H,4-7,16H2,(H,17,20). The Labute approximate surface area is 116 Å². The predicted molar refractivity (Wildman–Crippen MR) is 72.8 cm³/mol. The number of carbonyl (C=O) groups excluding carboxylic acids is 1. The molecule has 0 bridgehead atoms. The third-order valence-electron chi connectivity index (χ3n) is 3.79. The Morgan fingerprint density at radius 2 is 2.10 bits per heavy atom. The number of amides is 1. The predicted octanol–water partition coefficient (Wildman–Crippen LogP) is 1.47. The molecule has 1 fully saturated rings. The first kappa shape index (κ1) is 13.1. The Balaban J connectivity index is 1.77. The largest absolute Gasteiger partial charge is 0.348 e. The van der Waals surface area contributed by atoms with Crippen molar-refractivity contribution >= 4 is 11.6 Å². The molecule has 2 heterocycles. The van der Waals surface area contributed by atoms with E-state index in [1.54, 1.807) is 24.4 Å². The summed E-state index contributed by atoms with van der Waals surface area (Å²) in [6.07, 6.45) is 5.00. The molecule has 0 aliphatic heterocycles. The minimum Gasteiger partial charge on any atom is -0.348 e. The topological polar surface area (TPSA) is 72.4 Å². The molecule has 3 rings (SSSR count). The normalized spacial score (nSPS) is 22.9. The lowest BCUT2D eigenvalue weighted by molar-refractivity contribution is 0.0916. The highest BCUT2D eigenvalue weighted by atomic mass is 19.1. The molecular weight excluding hydrogens is 259 g/mol. The SMILES string of the molecule is NC1CCC(NC(=O)c2nc3ccccn3c2F)CC1. The van der Waals surface area contributed by atoms with Gasteiger partial charge in [0.15, 0.2) is 5.69 Å². The van der Waals surface area contributed by atoms with Crippen LogP contribution >= 0.6 is 0 Å². The lowest BCUT2D eigenvalue weighted by Gasteiger charge is -2.26. The van der Waals surface area contributed by atoms with Crippen LogP contribution in [0.15, 0.2) is 24.4 Å². The summed E-state index contributed by atoms with van der Waals surface area (Å²) in [6.45, 7) is 0. The molecule has 0 spiro atoms. The molecule has 1 aliphatic rings. The van der Waals surface area contributed by atoms with Gasteiger partial charge in [-0.25, -0.2) is 4.98 Å². The maximum atomic E-state index is 14.1. The van der Waals surface area contributed by atoms with Crippen molar-refractivity contribution in [2.45, 2.75) is 37.8 Å². The quantitative estimate of drug-likeness (QED) is 0.872. The summed E-state index contributed by atoms with van der Waals surface area (Å²) in [6, 6.07) is 5.40. The highest BCUT2D eigenvalue weighted by molar-refractivity contribution is 5.93. The number of nitrogens with zero attached hydrogens (tertiary/aromatic N) is 2. The zero-order chi connectivity index (χ0) is 14.1. The number of halogens is 1. The summed E-state index contributed by atoms with van der Waals surface area (Å²) in [5.41, 5.74) is 6.11. The van der Waals surface area contributed by atoms with Crippen LogP contribution in [-0.4, -0.2) is 27.4 Å². The minimum atomic E-state index is -0.620. The molecule has 0 unspecified atom stereocenters. The van der Waals surface area contributed by atoms with Gasteiger partial charge in [0.1, 0.15) is 5.65 Å². The fourth-order valence-electron chi connectivity index (χ4n) is 2.63. The van der Waals surface area contributed by atoms with Crippen LogP contribution in [0.5, 0.6) is 0 Å². The molecule has 2 aromatic heterocycles. The molecule has 20 heavy (non-hydrogen) atoms. The number of nitrogens with two attached hydrogens (primary N) is 1. The van der Waals surface area contributed by atoms with Crippen molar-refractivity contribution < 1.29 is 9.18 Å². The van der Waals surface area contributed by atoms with Crippen LogP contribution in [-0.2, 0) is 0 Å². The van der Waals surface area contributed by atoms with Gasteiger partial charge in [0.05, 0.1) is 0 Å². The highest BCUT2D eigenvalue weighted by Gasteiger charge is 2.24. The van der Waals surface area contributed by atoms with Gasteiger partial charge in [0, 0.05) is 18.3 Å². The molecular formula is C14H17FN4O. The molecule has 0 radical (unpaired) electrons. The summed E-state index contributed by atoms with van der Waals surface area (Å²) in [5.74, 6) is -1.07. The maximum absolute atomic E-state index is 14.1. The molecule has 2 aromatic rings. The average molecular weight is 276 g/mol. The first-order valence-electron chi connectivity index (χ1n) is 6.84. The summed E-state index contributed by atoms with van der Waals surface area (Å²) in [5, 5.41) is 2.85. The number of fused-ring (bicyclic) bond motifs is 1. The Kier molecular flexibility index (Phi) is 3.40. The van der Waals surface area contributed by atoms with Crippen LogP contribution in [0.1, 0.15) is 36.2 Å². The van der Waals surface area contributed by atoms with Gasteiger partial charge in [-0.2, -0.15) is 4.39 Å². The summed E-state index contributed by atoms with van der Waals surface area (Å²) in [7, 11) is 0. The lowest BCUT2D eigenvalue weighted by Crippen LogP contribution is -2.40. The van der Waals surface area contributed by atoms with E-state index in [0.29, 0.717) is 5.65 Å². The lowest BCUT2D eigenvalue weighted by atomic mass is 9.92. The number of hydrogen-bond acceptors (Lipinski definition) is 3. The Bertz CT molecular complexity index is 631. The molecule has 0 saturated heterocycles. The van der Waals surface area contributed by atoms with Gasteiger partial charge in [-0.1, -0.05) is 6.07 Å². The molecule has 1 amide bonds. The number of carbonyl (C=O) groups is 1. The van der Waals surface area contributed by atoms with E-state index in [1.165, 1.54) is 4.40 Å². The van der Waals surface area contributed by atoms with Crippen molar-refractivity contribution in [3.8, 4) is 0 Å². The van der Waals surface area contributed by atoms with Gasteiger partial charge in [0.2, 0.25) is 5.95 Å². The number of imidazole rings is 1. The van der Waals surface area contributed by atoms with Gasteiger partial charge in [-0.3, -0.25) is 9.20 Å². The van der Waals surface area contributed by atoms with E-state index >= 15 is 0 Å². The van der Waals surface area contributed by atoms with Crippen molar-refractivity contribution in [3.05, 3.63) is 36.0 Å². The van der Waals surface area contributed by atoms with Crippen LogP contribution in [0.3, 0.4) is 0 Å². The van der Waals surface area contributed by atoms with Crippen LogP contribution in [0.25, 0.3) is 5.65 Å². The number of nitrogens with one attached hydrogen (secondary N) is 1. The van der Waals surface area contributed by atoms with Crippen molar-refractivity contribution in [1.29, 1.82) is 0 Å². The van der Waals surface area contributed by atoms with E-state index in [-0.39, 0.29) is 17.8 Å². The van der Waals surface area contributed by atoms with Crippen LogP contribution in [0, 0.1) is 5.95 Å². The van der Waals surface area contributed by atoms with E-state index in [2.05, 4.69) is 10.3 Å². The number of pyridine rings is 1. The van der Waals surface area contributed by atoms with Crippen molar-refractivity contribution in [1.82, 2.24) is 14.7 Å². The van der Waals surface area contributed by atoms with E-state index in [4.69, 9.17) is 5.73 Å². The molecule has 0 atom stereocenters. The third-order valence-corrected chi connectivity index (χ3v) is 3.79. The second kappa shape index (κ2) is 5.20. The smallest absolute Gasteiger partial charge is 0.274 e. The summed E-state index contributed by atoms with van der Waals surface area (Å²) < 4.78 is 15.4. The van der Waals surface area contributed by atoms with Gasteiger partial charge < -0.3 is 11.1 Å². The number of rotatable bonds is 2. The molecule has 106 valence electrons. The average Bonchev–Trinajstić information content (AvgIpc) is 2.79. The van der Waals surface area contributed by atoms with E-state index in [1.807, 2.05) is 0 Å². The van der Waals surface area contributed by atoms with E-state index in [0.717, 1.165) is 25.7 Å². The monoisotopic (exact) mass is 276 g/mol. The summed E-state index contributed by atoms with van der Waals surface area (Å²) >= 11 is 0. The van der Waals surface area contributed by atoms with Crippen LogP contribution in [0.4, 0.5) is 4.39 Å². The number of aromatic nitrogens is 2. The van der Waals surface area contributed by atoms with Gasteiger partial charge in [-0.15, -0.1) is 0 Å². The maximum Gasteiger partial charge on any atom is 0.274 e. The van der Waals surface area contributed by atoms with Gasteiger partial charge in [-0.05, 0) is 37.8 Å². The molecule has 1 saturated carbocycles. The fraction of sp³-hybridized carbons (Fsp3) is 0.429. The second-order valence-electron chi connectivity index (χ2n) is 5.27. The zero-order valence-corrected chi connectivity index (χ0v) is 11.1. The Morgan fingerprint density at radius 3 is 2.80 bits per heavy atom. The first-order chi connectivity index (χ1) is 9.65.